The Kier molecular flexibility index (Phi) is 3.37. The van der Waals surface area contributed by atoms with E-state index < -0.39 is 0 Å². The Balaban J connectivity index is 1.94. The minimum Gasteiger partial charge on any atom is -0.493 e. The Bertz CT molecular complexity index is 811. The molecule has 1 aliphatic rings. The number of hydrogen-bond acceptors (Lipinski definition) is 4. The first-order valence-electron chi connectivity index (χ1n) is 6.94. The molecule has 1 heterocycles. The van der Waals surface area contributed by atoms with E-state index >= 15 is 0 Å². The number of rotatable bonds is 3. The number of aryl methyl sites for hydroxylation is 1. The van der Waals surface area contributed by atoms with Gasteiger partial charge in [0.2, 0.25) is 0 Å². The van der Waals surface area contributed by atoms with Gasteiger partial charge in [0.1, 0.15) is 17.9 Å². The highest BCUT2D eigenvalue weighted by molar-refractivity contribution is 5.97. The van der Waals surface area contributed by atoms with E-state index in [1.807, 2.05) is 25.1 Å². The molecular formula is C17H16O4. The van der Waals surface area contributed by atoms with E-state index in [4.69, 9.17) is 9.15 Å². The van der Waals surface area contributed by atoms with Gasteiger partial charge in [0.25, 0.3) is 0 Å². The predicted molar refractivity (Wildman–Crippen MR) is 79.0 cm³/mol. The number of carbonyl (C=O) groups excluding carboxylic acids is 1. The molecule has 108 valence electrons. The number of Topliss-reactive ketones (excluding diaryl/α,β-unsaturated/α-hetero) is 1. The third-order valence-electron chi connectivity index (χ3n) is 3.80. The normalized spacial score (nSPS) is 15.0. The summed E-state index contributed by atoms with van der Waals surface area (Å²) in [4.78, 5) is 23.1. The van der Waals surface area contributed by atoms with E-state index in [1.54, 1.807) is 6.92 Å². The second kappa shape index (κ2) is 5.20. The monoisotopic (exact) mass is 284 g/mol. The fourth-order valence-corrected chi connectivity index (χ4v) is 2.56. The fraction of sp³-hybridized carbons (Fsp3) is 0.294. The zero-order valence-corrected chi connectivity index (χ0v) is 12.1. The van der Waals surface area contributed by atoms with Crippen molar-refractivity contribution in [2.45, 2.75) is 33.3 Å². The minimum absolute atomic E-state index is 0.137. The van der Waals surface area contributed by atoms with Crippen molar-refractivity contribution in [3.05, 3.63) is 57.1 Å². The van der Waals surface area contributed by atoms with Crippen molar-refractivity contribution in [2.24, 2.45) is 0 Å². The first kappa shape index (κ1) is 13.6. The van der Waals surface area contributed by atoms with Crippen molar-refractivity contribution in [3.63, 3.8) is 0 Å². The smallest absolute Gasteiger partial charge is 0.336 e. The highest BCUT2D eigenvalue weighted by atomic mass is 16.5. The van der Waals surface area contributed by atoms with Gasteiger partial charge in [0.15, 0.2) is 5.78 Å². The molecule has 1 aromatic heterocycles. The highest BCUT2D eigenvalue weighted by Gasteiger charge is 2.20. The van der Waals surface area contributed by atoms with Crippen LogP contribution in [0.4, 0.5) is 0 Å². The van der Waals surface area contributed by atoms with Crippen LogP contribution < -0.4 is 5.63 Å². The standard InChI is InChI=1S/C17H16O4/c1-10-3-4-13-12(8-17(19)21-16(13)7-10)9-20-15-6-5-14(18)11(15)2/h3-4,7-8H,5-6,9H2,1-2H3. The van der Waals surface area contributed by atoms with Crippen LogP contribution in [0, 0.1) is 6.92 Å². The molecule has 3 rings (SSSR count). The van der Waals surface area contributed by atoms with Gasteiger partial charge in [0, 0.05) is 35.4 Å². The Morgan fingerprint density at radius 2 is 1.95 bits per heavy atom. The number of allylic oxidation sites excluding steroid dienone is 2. The molecule has 0 aliphatic heterocycles. The number of ketones is 1. The number of benzene rings is 1. The van der Waals surface area contributed by atoms with Gasteiger partial charge in [-0.15, -0.1) is 0 Å². The van der Waals surface area contributed by atoms with Crippen LogP contribution in [0.15, 0.2) is 44.8 Å². The fourth-order valence-electron chi connectivity index (χ4n) is 2.56. The SMILES string of the molecule is CC1=C(OCc2cc(=O)oc3cc(C)ccc23)CCC1=O. The van der Waals surface area contributed by atoms with Gasteiger partial charge in [-0.1, -0.05) is 12.1 Å². The van der Waals surface area contributed by atoms with Crippen molar-refractivity contribution in [1.29, 1.82) is 0 Å². The second-order valence-corrected chi connectivity index (χ2v) is 5.35. The quantitative estimate of drug-likeness (QED) is 0.812. The molecule has 0 radical (unpaired) electrons. The lowest BCUT2D eigenvalue weighted by molar-refractivity contribution is -0.114. The minimum atomic E-state index is -0.389. The van der Waals surface area contributed by atoms with Crippen LogP contribution >= 0.6 is 0 Å². The summed E-state index contributed by atoms with van der Waals surface area (Å²) >= 11 is 0. The van der Waals surface area contributed by atoms with E-state index in [9.17, 15) is 9.59 Å². The molecule has 21 heavy (non-hydrogen) atoms. The first-order valence-corrected chi connectivity index (χ1v) is 6.94. The molecule has 1 aromatic carbocycles. The van der Waals surface area contributed by atoms with Crippen LogP contribution in [-0.2, 0) is 16.1 Å². The largest absolute Gasteiger partial charge is 0.493 e. The highest BCUT2D eigenvalue weighted by Crippen LogP contribution is 2.26. The summed E-state index contributed by atoms with van der Waals surface area (Å²) in [6.07, 6.45) is 1.15. The number of hydrogen-bond donors (Lipinski definition) is 0. The van der Waals surface area contributed by atoms with Crippen LogP contribution in [0.1, 0.15) is 30.9 Å². The summed E-state index contributed by atoms with van der Waals surface area (Å²) in [7, 11) is 0. The maximum Gasteiger partial charge on any atom is 0.336 e. The lowest BCUT2D eigenvalue weighted by Crippen LogP contribution is -2.03. The molecule has 0 saturated heterocycles. The van der Waals surface area contributed by atoms with Gasteiger partial charge in [0.05, 0.1) is 0 Å². The summed E-state index contributed by atoms with van der Waals surface area (Å²) in [5.74, 6) is 0.867. The summed E-state index contributed by atoms with van der Waals surface area (Å²) in [6.45, 7) is 4.00. The van der Waals surface area contributed by atoms with Crippen molar-refractivity contribution < 1.29 is 13.9 Å². The molecular weight excluding hydrogens is 268 g/mol. The third-order valence-corrected chi connectivity index (χ3v) is 3.80. The molecule has 2 aromatic rings. The molecule has 0 unspecified atom stereocenters. The van der Waals surface area contributed by atoms with Gasteiger partial charge in [-0.05, 0) is 25.5 Å². The number of ether oxygens (including phenoxy) is 1. The molecule has 0 bridgehead atoms. The van der Waals surface area contributed by atoms with Crippen LogP contribution in [0.2, 0.25) is 0 Å². The average molecular weight is 284 g/mol. The van der Waals surface area contributed by atoms with Crippen molar-refractivity contribution >= 4 is 16.8 Å². The van der Waals surface area contributed by atoms with Crippen molar-refractivity contribution in [1.82, 2.24) is 0 Å². The van der Waals surface area contributed by atoms with Gasteiger partial charge in [-0.2, -0.15) is 0 Å². The summed E-state index contributed by atoms with van der Waals surface area (Å²) in [5.41, 5.74) is 2.68. The number of carbonyl (C=O) groups is 1. The molecule has 0 N–H and O–H groups in total. The first-order chi connectivity index (χ1) is 10.0. The summed E-state index contributed by atoms with van der Waals surface area (Å²) in [5, 5.41) is 0.864. The Morgan fingerprint density at radius 1 is 1.14 bits per heavy atom. The Labute approximate surface area is 122 Å². The van der Waals surface area contributed by atoms with Crippen LogP contribution in [0.25, 0.3) is 11.0 Å². The Hall–Kier alpha value is -2.36. The lowest BCUT2D eigenvalue weighted by Gasteiger charge is -2.10. The van der Waals surface area contributed by atoms with Gasteiger partial charge in [-0.3, -0.25) is 4.79 Å². The number of fused-ring (bicyclic) bond motifs is 1. The van der Waals surface area contributed by atoms with E-state index in [-0.39, 0.29) is 18.0 Å². The van der Waals surface area contributed by atoms with Crippen LogP contribution in [0.5, 0.6) is 0 Å². The van der Waals surface area contributed by atoms with Crippen molar-refractivity contribution in [2.75, 3.05) is 0 Å². The Morgan fingerprint density at radius 3 is 2.67 bits per heavy atom. The molecule has 0 spiro atoms. The molecule has 0 saturated carbocycles. The maximum atomic E-state index is 11.6. The third kappa shape index (κ3) is 2.61. The van der Waals surface area contributed by atoms with Crippen LogP contribution in [-0.4, -0.2) is 5.78 Å². The van der Waals surface area contributed by atoms with E-state index in [0.29, 0.717) is 24.0 Å². The van der Waals surface area contributed by atoms with E-state index in [2.05, 4.69) is 0 Å². The zero-order chi connectivity index (χ0) is 15.0. The van der Waals surface area contributed by atoms with Gasteiger partial charge >= 0.3 is 5.63 Å². The molecule has 4 nitrogen and oxygen atoms in total. The van der Waals surface area contributed by atoms with Gasteiger partial charge < -0.3 is 9.15 Å². The second-order valence-electron chi connectivity index (χ2n) is 5.35. The maximum absolute atomic E-state index is 11.6. The molecule has 0 fully saturated rings. The summed E-state index contributed by atoms with van der Waals surface area (Å²) < 4.78 is 11.0. The van der Waals surface area contributed by atoms with Gasteiger partial charge in [-0.25, -0.2) is 4.79 Å². The van der Waals surface area contributed by atoms with E-state index in [0.717, 1.165) is 22.3 Å². The molecule has 0 amide bonds. The molecule has 1 aliphatic carbocycles. The zero-order valence-electron chi connectivity index (χ0n) is 12.1. The van der Waals surface area contributed by atoms with Crippen LogP contribution in [0.3, 0.4) is 0 Å². The lowest BCUT2D eigenvalue weighted by atomic mass is 10.1. The summed E-state index contributed by atoms with van der Waals surface area (Å²) in [6, 6.07) is 7.18. The average Bonchev–Trinajstić information content (AvgIpc) is 2.75. The van der Waals surface area contributed by atoms with E-state index in [1.165, 1.54) is 6.07 Å². The predicted octanol–water partition coefficient (Wildman–Crippen LogP) is 3.25. The topological polar surface area (TPSA) is 56.5 Å². The molecule has 4 heteroatoms. The van der Waals surface area contributed by atoms with Crippen molar-refractivity contribution in [3.8, 4) is 0 Å². The molecule has 0 atom stereocenters.